The van der Waals surface area contributed by atoms with E-state index >= 15 is 0 Å². The van der Waals surface area contributed by atoms with Crippen molar-refractivity contribution in [1.29, 1.82) is 0 Å². The number of phenolic OH excluding ortho intramolecular Hbond substituents is 1. The number of aliphatic carboxylic acids is 1. The first kappa shape index (κ1) is 31.7. The number of para-hydroxylation sites is 1. The molecule has 3 aromatic carbocycles. The summed E-state index contributed by atoms with van der Waals surface area (Å²) in [5, 5.41) is 37.5. The number of fused-ring (bicyclic) bond motifs is 1. The molecule has 44 heavy (non-hydrogen) atoms. The summed E-state index contributed by atoms with van der Waals surface area (Å²) in [6.07, 6.45) is 1.83. The smallest absolute Gasteiger partial charge is 0.326 e. The van der Waals surface area contributed by atoms with Crippen LogP contribution in [0.5, 0.6) is 5.75 Å². The van der Waals surface area contributed by atoms with Gasteiger partial charge in [-0.15, -0.1) is 0 Å². The Kier molecular flexibility index (Phi) is 10.7. The molecule has 0 aliphatic rings. The predicted octanol–water partition coefficient (Wildman–Crippen LogP) is 0.760. The van der Waals surface area contributed by atoms with E-state index in [-0.39, 0.29) is 25.0 Å². The van der Waals surface area contributed by atoms with Crippen molar-refractivity contribution in [3.63, 3.8) is 0 Å². The Balaban J connectivity index is 1.44. The minimum atomic E-state index is -1.49. The SMILES string of the molecule is NC(Cc1ccc(O)cc1)C(=O)NC(Cc1ccccc1)C(=O)NC(CO)C(=O)NC(Cc1c[nH]c2ccccc12)C(=O)O. The Labute approximate surface area is 253 Å². The summed E-state index contributed by atoms with van der Waals surface area (Å²) in [7, 11) is 0. The topological polar surface area (TPSA) is 207 Å². The maximum Gasteiger partial charge on any atom is 0.326 e. The van der Waals surface area contributed by atoms with Crippen molar-refractivity contribution in [2.24, 2.45) is 5.73 Å². The molecule has 4 rings (SSSR count). The van der Waals surface area contributed by atoms with Crippen molar-refractivity contribution in [2.45, 2.75) is 43.4 Å². The second kappa shape index (κ2) is 14.8. The van der Waals surface area contributed by atoms with Crippen molar-refractivity contribution in [1.82, 2.24) is 20.9 Å². The molecule has 3 amide bonds. The van der Waals surface area contributed by atoms with Crippen LogP contribution in [-0.2, 0) is 38.4 Å². The monoisotopic (exact) mass is 601 g/mol. The molecule has 4 aromatic rings. The van der Waals surface area contributed by atoms with Gasteiger partial charge >= 0.3 is 5.97 Å². The summed E-state index contributed by atoms with van der Waals surface area (Å²) in [6, 6.07) is 17.4. The Bertz CT molecular complexity index is 1590. The highest BCUT2D eigenvalue weighted by Gasteiger charge is 2.30. The summed E-state index contributed by atoms with van der Waals surface area (Å²) in [5.41, 5.74) is 9.01. The molecule has 4 atom stereocenters. The molecule has 230 valence electrons. The zero-order chi connectivity index (χ0) is 31.6. The number of aromatic nitrogens is 1. The zero-order valence-electron chi connectivity index (χ0n) is 23.8. The van der Waals surface area contributed by atoms with Gasteiger partial charge in [0.1, 0.15) is 23.9 Å². The normalized spacial score (nSPS) is 13.8. The number of amides is 3. The Morgan fingerprint density at radius 2 is 1.30 bits per heavy atom. The number of H-pyrrole nitrogens is 1. The molecule has 12 heteroatoms. The fourth-order valence-corrected chi connectivity index (χ4v) is 4.78. The minimum Gasteiger partial charge on any atom is -0.508 e. The van der Waals surface area contributed by atoms with Gasteiger partial charge in [0.25, 0.3) is 0 Å². The number of carbonyl (C=O) groups excluding carboxylic acids is 3. The van der Waals surface area contributed by atoms with E-state index in [4.69, 9.17) is 5.73 Å². The van der Waals surface area contributed by atoms with Crippen LogP contribution < -0.4 is 21.7 Å². The molecular weight excluding hydrogens is 566 g/mol. The van der Waals surface area contributed by atoms with Crippen LogP contribution in [0.25, 0.3) is 10.9 Å². The molecule has 4 unspecified atom stereocenters. The maximum absolute atomic E-state index is 13.4. The van der Waals surface area contributed by atoms with Gasteiger partial charge in [0.05, 0.1) is 12.6 Å². The van der Waals surface area contributed by atoms with E-state index in [2.05, 4.69) is 20.9 Å². The number of aromatic hydroxyl groups is 1. The van der Waals surface area contributed by atoms with Crippen LogP contribution in [0.2, 0.25) is 0 Å². The number of carbonyl (C=O) groups is 4. The van der Waals surface area contributed by atoms with E-state index in [1.54, 1.807) is 48.7 Å². The number of hydrogen-bond donors (Lipinski definition) is 8. The lowest BCUT2D eigenvalue weighted by Gasteiger charge is -2.24. The van der Waals surface area contributed by atoms with Gasteiger partial charge in [0.15, 0.2) is 0 Å². The first-order chi connectivity index (χ1) is 21.1. The second-order valence-electron chi connectivity index (χ2n) is 10.4. The molecule has 0 aliphatic carbocycles. The van der Waals surface area contributed by atoms with Crippen LogP contribution in [0.3, 0.4) is 0 Å². The average Bonchev–Trinajstić information content (AvgIpc) is 3.43. The third-order valence-electron chi connectivity index (χ3n) is 7.17. The Hall–Kier alpha value is -5.20. The summed E-state index contributed by atoms with van der Waals surface area (Å²) < 4.78 is 0. The quantitative estimate of drug-likeness (QED) is 0.103. The highest BCUT2D eigenvalue weighted by Crippen LogP contribution is 2.19. The molecule has 0 spiro atoms. The molecule has 1 aromatic heterocycles. The van der Waals surface area contributed by atoms with Crippen molar-refractivity contribution < 1.29 is 34.5 Å². The first-order valence-corrected chi connectivity index (χ1v) is 14.0. The van der Waals surface area contributed by atoms with Gasteiger partial charge in [0, 0.05) is 29.9 Å². The van der Waals surface area contributed by atoms with Gasteiger partial charge in [-0.1, -0.05) is 60.7 Å². The van der Waals surface area contributed by atoms with Gasteiger partial charge < -0.3 is 42.0 Å². The molecule has 0 fully saturated rings. The predicted molar refractivity (Wildman–Crippen MR) is 162 cm³/mol. The number of aromatic amines is 1. The third kappa shape index (κ3) is 8.43. The van der Waals surface area contributed by atoms with Crippen LogP contribution in [0.4, 0.5) is 0 Å². The van der Waals surface area contributed by atoms with Gasteiger partial charge in [-0.25, -0.2) is 4.79 Å². The Morgan fingerprint density at radius 1 is 0.705 bits per heavy atom. The standard InChI is InChI=1S/C32H35N5O7/c33-24(14-20-10-12-22(39)13-11-20)29(40)35-26(15-19-6-2-1-3-7-19)30(41)37-28(18-38)31(42)36-27(32(43)44)16-21-17-34-25-9-5-4-8-23(21)25/h1-13,17,24,26-28,34,38-39H,14-16,18,33H2,(H,35,40)(H,36,42)(H,37,41)(H,43,44). The molecule has 0 saturated carbocycles. The number of carboxylic acid groups (broad SMARTS) is 1. The van der Waals surface area contributed by atoms with Gasteiger partial charge in [-0.05, 0) is 41.3 Å². The summed E-state index contributed by atoms with van der Waals surface area (Å²) in [6.45, 7) is -0.816. The number of nitrogens with one attached hydrogen (secondary N) is 4. The summed E-state index contributed by atoms with van der Waals surface area (Å²) >= 11 is 0. The van der Waals surface area contributed by atoms with E-state index in [0.29, 0.717) is 11.1 Å². The van der Waals surface area contributed by atoms with E-state index in [9.17, 15) is 34.5 Å². The van der Waals surface area contributed by atoms with E-state index in [1.807, 2.05) is 24.3 Å². The number of nitrogens with two attached hydrogens (primary N) is 1. The van der Waals surface area contributed by atoms with Gasteiger partial charge in [0.2, 0.25) is 17.7 Å². The fourth-order valence-electron chi connectivity index (χ4n) is 4.78. The molecular formula is C32H35N5O7. The molecule has 0 radical (unpaired) electrons. The number of aliphatic hydroxyl groups excluding tert-OH is 1. The highest BCUT2D eigenvalue weighted by atomic mass is 16.4. The first-order valence-electron chi connectivity index (χ1n) is 14.0. The van der Waals surface area contributed by atoms with Gasteiger partial charge in [-0.3, -0.25) is 14.4 Å². The van der Waals surface area contributed by atoms with E-state index in [0.717, 1.165) is 16.5 Å². The lowest BCUT2D eigenvalue weighted by atomic mass is 10.0. The van der Waals surface area contributed by atoms with Crippen molar-refractivity contribution >= 4 is 34.6 Å². The molecule has 0 aliphatic heterocycles. The lowest BCUT2D eigenvalue weighted by Crippen LogP contribution is -2.58. The number of phenols is 1. The fraction of sp³-hybridized carbons (Fsp3) is 0.250. The highest BCUT2D eigenvalue weighted by molar-refractivity contribution is 5.94. The molecule has 0 saturated heterocycles. The van der Waals surface area contributed by atoms with Crippen LogP contribution >= 0.6 is 0 Å². The molecule has 12 nitrogen and oxygen atoms in total. The number of hydrogen-bond acceptors (Lipinski definition) is 7. The number of rotatable bonds is 14. The average molecular weight is 602 g/mol. The summed E-state index contributed by atoms with van der Waals surface area (Å²) in [4.78, 5) is 54.6. The minimum absolute atomic E-state index is 0.0389. The number of carboxylic acids is 1. The van der Waals surface area contributed by atoms with Crippen LogP contribution in [0.1, 0.15) is 16.7 Å². The van der Waals surface area contributed by atoms with Gasteiger partial charge in [-0.2, -0.15) is 0 Å². The van der Waals surface area contributed by atoms with Crippen molar-refractivity contribution in [2.75, 3.05) is 6.61 Å². The largest absolute Gasteiger partial charge is 0.508 e. The van der Waals surface area contributed by atoms with Crippen LogP contribution in [0.15, 0.2) is 85.1 Å². The Morgan fingerprint density at radius 3 is 1.98 bits per heavy atom. The van der Waals surface area contributed by atoms with Crippen LogP contribution in [0, 0.1) is 0 Å². The van der Waals surface area contributed by atoms with E-state index < -0.39 is 54.5 Å². The van der Waals surface area contributed by atoms with Crippen molar-refractivity contribution in [3.8, 4) is 5.75 Å². The second-order valence-corrected chi connectivity index (χ2v) is 10.4. The molecule has 0 bridgehead atoms. The summed E-state index contributed by atoms with van der Waals surface area (Å²) in [5.74, 6) is -3.51. The number of aliphatic hydroxyl groups is 1. The van der Waals surface area contributed by atoms with E-state index in [1.165, 1.54) is 12.1 Å². The van der Waals surface area contributed by atoms with Crippen molar-refractivity contribution in [3.05, 3.63) is 102 Å². The molecule has 1 heterocycles. The number of benzene rings is 3. The molecule has 9 N–H and O–H groups in total. The van der Waals surface area contributed by atoms with Crippen LogP contribution in [-0.4, -0.2) is 74.8 Å². The maximum atomic E-state index is 13.4. The lowest BCUT2D eigenvalue weighted by molar-refractivity contribution is -0.142. The zero-order valence-corrected chi connectivity index (χ0v) is 23.8. The third-order valence-corrected chi connectivity index (χ3v) is 7.17.